The Balaban J connectivity index is 2.45. The van der Waals surface area contributed by atoms with Gasteiger partial charge < -0.3 is 0 Å². The molecule has 0 aliphatic heterocycles. The molecule has 0 heterocycles. The van der Waals surface area contributed by atoms with Crippen LogP contribution in [0.25, 0.3) is 0 Å². The SMILES string of the molecule is CCC1CCCCC1C(C)CC(C)Cl. The quantitative estimate of drug-likeness (QED) is 0.589. The highest BCUT2D eigenvalue weighted by atomic mass is 35.5. The van der Waals surface area contributed by atoms with E-state index in [-0.39, 0.29) is 0 Å². The summed E-state index contributed by atoms with van der Waals surface area (Å²) in [5.74, 6) is 2.76. The topological polar surface area (TPSA) is 0 Å². The Hall–Kier alpha value is 0.290. The molecule has 1 aliphatic rings. The smallest absolute Gasteiger partial charge is 0.0310 e. The van der Waals surface area contributed by atoms with E-state index >= 15 is 0 Å². The summed E-state index contributed by atoms with van der Waals surface area (Å²) in [6, 6.07) is 0. The molecule has 0 aromatic carbocycles. The first kappa shape index (κ1) is 12.4. The highest BCUT2D eigenvalue weighted by Crippen LogP contribution is 2.38. The average molecular weight is 217 g/mol. The summed E-state index contributed by atoms with van der Waals surface area (Å²) >= 11 is 6.08. The lowest BCUT2D eigenvalue weighted by Crippen LogP contribution is -2.26. The third-order valence-electron chi connectivity index (χ3n) is 3.92. The largest absolute Gasteiger partial charge is 0.123 e. The average Bonchev–Trinajstić information content (AvgIpc) is 2.16. The van der Waals surface area contributed by atoms with Gasteiger partial charge >= 0.3 is 0 Å². The Kier molecular flexibility index (Phi) is 5.30. The Labute approximate surface area is 94.4 Å². The Morgan fingerprint density at radius 2 is 1.86 bits per heavy atom. The predicted octanol–water partition coefficient (Wildman–Crippen LogP) is 4.86. The van der Waals surface area contributed by atoms with Crippen LogP contribution in [0.2, 0.25) is 0 Å². The fourth-order valence-corrected chi connectivity index (χ4v) is 3.46. The number of hydrogen-bond acceptors (Lipinski definition) is 0. The van der Waals surface area contributed by atoms with E-state index in [0.29, 0.717) is 5.38 Å². The molecule has 0 aromatic rings. The van der Waals surface area contributed by atoms with Crippen molar-refractivity contribution in [2.75, 3.05) is 0 Å². The van der Waals surface area contributed by atoms with Crippen molar-refractivity contribution in [2.24, 2.45) is 17.8 Å². The van der Waals surface area contributed by atoms with Gasteiger partial charge in [0.1, 0.15) is 0 Å². The van der Waals surface area contributed by atoms with Gasteiger partial charge in [0.2, 0.25) is 0 Å². The van der Waals surface area contributed by atoms with Gasteiger partial charge in [0, 0.05) is 5.38 Å². The zero-order chi connectivity index (χ0) is 10.6. The highest BCUT2D eigenvalue weighted by Gasteiger charge is 2.28. The Morgan fingerprint density at radius 3 is 2.43 bits per heavy atom. The number of alkyl halides is 1. The van der Waals surface area contributed by atoms with Crippen LogP contribution in [-0.2, 0) is 0 Å². The molecule has 1 saturated carbocycles. The number of hydrogen-bond donors (Lipinski definition) is 0. The molecule has 1 heteroatoms. The minimum absolute atomic E-state index is 0.351. The molecule has 0 saturated heterocycles. The molecule has 0 bridgehead atoms. The van der Waals surface area contributed by atoms with Gasteiger partial charge in [-0.2, -0.15) is 0 Å². The van der Waals surface area contributed by atoms with Crippen LogP contribution in [0.5, 0.6) is 0 Å². The lowest BCUT2D eigenvalue weighted by Gasteiger charge is -2.35. The maximum atomic E-state index is 6.08. The van der Waals surface area contributed by atoms with Crippen molar-refractivity contribution in [1.82, 2.24) is 0 Å². The van der Waals surface area contributed by atoms with Gasteiger partial charge in [0.15, 0.2) is 0 Å². The summed E-state index contributed by atoms with van der Waals surface area (Å²) in [5, 5.41) is 0.351. The van der Waals surface area contributed by atoms with Gasteiger partial charge in [-0.15, -0.1) is 11.6 Å². The van der Waals surface area contributed by atoms with Crippen LogP contribution in [0.3, 0.4) is 0 Å². The van der Waals surface area contributed by atoms with Crippen LogP contribution in [0.1, 0.15) is 59.3 Å². The molecule has 4 atom stereocenters. The van der Waals surface area contributed by atoms with E-state index in [4.69, 9.17) is 11.6 Å². The van der Waals surface area contributed by atoms with Gasteiger partial charge in [-0.1, -0.05) is 39.5 Å². The molecule has 14 heavy (non-hydrogen) atoms. The Bertz CT molecular complexity index is 153. The first-order chi connectivity index (χ1) is 6.65. The van der Waals surface area contributed by atoms with E-state index in [2.05, 4.69) is 20.8 Å². The van der Waals surface area contributed by atoms with E-state index in [0.717, 1.165) is 17.8 Å². The molecule has 0 N–H and O–H groups in total. The summed E-state index contributed by atoms with van der Waals surface area (Å²) in [7, 11) is 0. The van der Waals surface area contributed by atoms with Crippen LogP contribution >= 0.6 is 11.6 Å². The number of rotatable bonds is 4. The first-order valence-electron chi connectivity index (χ1n) is 6.29. The molecule has 0 nitrogen and oxygen atoms in total. The van der Waals surface area contributed by atoms with Crippen molar-refractivity contribution < 1.29 is 0 Å². The monoisotopic (exact) mass is 216 g/mol. The van der Waals surface area contributed by atoms with E-state index in [1.165, 1.54) is 38.5 Å². The maximum absolute atomic E-state index is 6.08. The highest BCUT2D eigenvalue weighted by molar-refractivity contribution is 6.20. The molecule has 1 rings (SSSR count). The fraction of sp³-hybridized carbons (Fsp3) is 1.00. The fourth-order valence-electron chi connectivity index (χ4n) is 3.18. The molecule has 1 aliphatic carbocycles. The molecule has 84 valence electrons. The molecular formula is C13H25Cl. The zero-order valence-corrected chi connectivity index (χ0v) is 10.7. The zero-order valence-electron chi connectivity index (χ0n) is 9.93. The van der Waals surface area contributed by atoms with Crippen LogP contribution < -0.4 is 0 Å². The van der Waals surface area contributed by atoms with Crippen molar-refractivity contribution >= 4 is 11.6 Å². The van der Waals surface area contributed by atoms with Crippen LogP contribution in [0.15, 0.2) is 0 Å². The van der Waals surface area contributed by atoms with E-state index in [1.807, 2.05) is 0 Å². The van der Waals surface area contributed by atoms with Crippen molar-refractivity contribution in [3.63, 3.8) is 0 Å². The van der Waals surface area contributed by atoms with Crippen molar-refractivity contribution in [1.29, 1.82) is 0 Å². The minimum atomic E-state index is 0.351. The van der Waals surface area contributed by atoms with Gasteiger partial charge in [0.05, 0.1) is 0 Å². The third-order valence-corrected chi connectivity index (χ3v) is 4.10. The van der Waals surface area contributed by atoms with Gasteiger partial charge in [-0.05, 0) is 37.5 Å². The minimum Gasteiger partial charge on any atom is -0.123 e. The second-order valence-electron chi connectivity index (χ2n) is 5.11. The van der Waals surface area contributed by atoms with Gasteiger partial charge in [0.25, 0.3) is 0 Å². The molecule has 1 fully saturated rings. The summed E-state index contributed by atoms with van der Waals surface area (Å²) < 4.78 is 0. The third kappa shape index (κ3) is 3.46. The van der Waals surface area contributed by atoms with E-state index in [9.17, 15) is 0 Å². The predicted molar refractivity (Wildman–Crippen MR) is 64.8 cm³/mol. The molecule has 0 spiro atoms. The standard InChI is InChI=1S/C13H25Cl/c1-4-12-7-5-6-8-13(12)10(2)9-11(3)14/h10-13H,4-9H2,1-3H3. The van der Waals surface area contributed by atoms with E-state index in [1.54, 1.807) is 0 Å². The molecule has 0 aromatic heterocycles. The van der Waals surface area contributed by atoms with Gasteiger partial charge in [-0.3, -0.25) is 0 Å². The molecular weight excluding hydrogens is 192 g/mol. The summed E-state index contributed by atoms with van der Waals surface area (Å²) in [4.78, 5) is 0. The lowest BCUT2D eigenvalue weighted by atomic mass is 9.71. The van der Waals surface area contributed by atoms with Crippen LogP contribution in [0.4, 0.5) is 0 Å². The summed E-state index contributed by atoms with van der Waals surface area (Å²) in [6.45, 7) is 6.87. The van der Waals surface area contributed by atoms with Crippen molar-refractivity contribution in [3.8, 4) is 0 Å². The molecule has 0 radical (unpaired) electrons. The first-order valence-corrected chi connectivity index (χ1v) is 6.72. The normalized spacial score (nSPS) is 32.6. The van der Waals surface area contributed by atoms with Crippen molar-refractivity contribution in [3.05, 3.63) is 0 Å². The van der Waals surface area contributed by atoms with Crippen molar-refractivity contribution in [2.45, 2.75) is 64.7 Å². The maximum Gasteiger partial charge on any atom is 0.0310 e. The second-order valence-corrected chi connectivity index (χ2v) is 5.86. The Morgan fingerprint density at radius 1 is 1.21 bits per heavy atom. The summed E-state index contributed by atoms with van der Waals surface area (Å²) in [5.41, 5.74) is 0. The van der Waals surface area contributed by atoms with Crippen LogP contribution in [-0.4, -0.2) is 5.38 Å². The summed E-state index contributed by atoms with van der Waals surface area (Å²) in [6.07, 6.45) is 8.38. The van der Waals surface area contributed by atoms with Gasteiger partial charge in [-0.25, -0.2) is 0 Å². The number of halogens is 1. The molecule has 0 amide bonds. The van der Waals surface area contributed by atoms with Crippen LogP contribution in [0, 0.1) is 17.8 Å². The molecule has 4 unspecified atom stereocenters. The lowest BCUT2D eigenvalue weighted by molar-refractivity contribution is 0.159. The second kappa shape index (κ2) is 6.00. The van der Waals surface area contributed by atoms with E-state index < -0.39 is 0 Å².